The van der Waals surface area contributed by atoms with Gasteiger partial charge in [-0.3, -0.25) is 4.79 Å². The molecular weight excluding hydrogens is 194 g/mol. The van der Waals surface area contributed by atoms with E-state index < -0.39 is 0 Å². The van der Waals surface area contributed by atoms with Crippen LogP contribution in [0.25, 0.3) is 0 Å². The summed E-state index contributed by atoms with van der Waals surface area (Å²) in [4.78, 5) is 15.0. The van der Waals surface area contributed by atoms with Crippen molar-refractivity contribution in [2.45, 2.75) is 19.4 Å². The Morgan fingerprint density at radius 3 is 2.87 bits per heavy atom. The third-order valence-electron chi connectivity index (χ3n) is 2.45. The number of hydrogen-bond donors (Lipinski definition) is 0. The largest absolute Gasteiger partial charge is 0.466 e. The van der Waals surface area contributed by atoms with Crippen molar-refractivity contribution in [3.63, 3.8) is 0 Å². The molecule has 0 radical (unpaired) electrons. The molecule has 1 aromatic rings. The van der Waals surface area contributed by atoms with Crippen LogP contribution in [0.5, 0.6) is 5.88 Å². The van der Waals surface area contributed by atoms with Crippen LogP contribution in [-0.4, -0.2) is 30.1 Å². The maximum absolute atomic E-state index is 10.9. The van der Waals surface area contributed by atoms with Crippen molar-refractivity contribution in [3.8, 4) is 5.88 Å². The van der Waals surface area contributed by atoms with Crippen LogP contribution in [0.3, 0.4) is 0 Å². The maximum Gasteiger partial charge on any atom is 0.225 e. The summed E-state index contributed by atoms with van der Waals surface area (Å²) in [5, 5.41) is 0. The van der Waals surface area contributed by atoms with E-state index in [0.29, 0.717) is 24.7 Å². The second kappa shape index (κ2) is 3.62. The molecule has 15 heavy (non-hydrogen) atoms. The average molecular weight is 207 g/mol. The van der Waals surface area contributed by atoms with Gasteiger partial charge < -0.3 is 9.47 Å². The zero-order chi connectivity index (χ0) is 10.9. The number of carbonyl (C=O) groups is 1. The number of aromatic nitrogens is 1. The fourth-order valence-corrected chi connectivity index (χ4v) is 1.45. The first-order valence-electron chi connectivity index (χ1n) is 4.82. The van der Waals surface area contributed by atoms with E-state index in [9.17, 15) is 4.79 Å². The summed E-state index contributed by atoms with van der Waals surface area (Å²) >= 11 is 0. The number of ether oxygens (including phenoxy) is 2. The highest BCUT2D eigenvalue weighted by Crippen LogP contribution is 2.26. The summed E-state index contributed by atoms with van der Waals surface area (Å²) in [5.41, 5.74) is 1.06. The number of pyridine rings is 1. The SMILES string of the molecule is Cc1ccnc(OC2(C)COC2)c1C=O. The van der Waals surface area contributed by atoms with E-state index >= 15 is 0 Å². The van der Waals surface area contributed by atoms with Gasteiger partial charge in [0.25, 0.3) is 0 Å². The van der Waals surface area contributed by atoms with Crippen LogP contribution in [0.2, 0.25) is 0 Å². The maximum atomic E-state index is 10.9. The fraction of sp³-hybridized carbons (Fsp3) is 0.455. The molecule has 0 saturated carbocycles. The van der Waals surface area contributed by atoms with E-state index in [0.717, 1.165) is 11.8 Å². The lowest BCUT2D eigenvalue weighted by atomic mass is 10.1. The molecule has 0 aromatic carbocycles. The van der Waals surface area contributed by atoms with E-state index in [2.05, 4.69) is 4.98 Å². The first-order valence-corrected chi connectivity index (χ1v) is 4.82. The quantitative estimate of drug-likeness (QED) is 0.702. The predicted molar refractivity (Wildman–Crippen MR) is 54.2 cm³/mol. The number of aryl methyl sites for hydroxylation is 1. The molecule has 1 fully saturated rings. The number of aldehydes is 1. The van der Waals surface area contributed by atoms with Gasteiger partial charge in [0.05, 0.1) is 18.8 Å². The molecule has 80 valence electrons. The molecule has 1 aliphatic heterocycles. The lowest BCUT2D eigenvalue weighted by Crippen LogP contribution is -2.52. The minimum atomic E-state index is -0.335. The number of rotatable bonds is 3. The molecule has 1 aliphatic rings. The van der Waals surface area contributed by atoms with E-state index in [1.807, 2.05) is 13.8 Å². The van der Waals surface area contributed by atoms with Crippen LogP contribution >= 0.6 is 0 Å². The second-order valence-electron chi connectivity index (χ2n) is 4.01. The van der Waals surface area contributed by atoms with E-state index in [1.54, 1.807) is 12.3 Å². The highest BCUT2D eigenvalue weighted by molar-refractivity contribution is 5.80. The van der Waals surface area contributed by atoms with Gasteiger partial charge in [0, 0.05) is 6.20 Å². The van der Waals surface area contributed by atoms with Gasteiger partial charge in [-0.2, -0.15) is 0 Å². The Labute approximate surface area is 88.2 Å². The first kappa shape index (κ1) is 10.1. The van der Waals surface area contributed by atoms with Gasteiger partial charge in [-0.05, 0) is 25.5 Å². The van der Waals surface area contributed by atoms with Gasteiger partial charge in [-0.15, -0.1) is 0 Å². The molecule has 4 nitrogen and oxygen atoms in total. The number of nitrogens with zero attached hydrogens (tertiary/aromatic N) is 1. The standard InChI is InChI=1S/C11H13NO3/c1-8-3-4-12-10(9(8)5-13)15-11(2)6-14-7-11/h3-5H,6-7H2,1-2H3. The van der Waals surface area contributed by atoms with Crippen molar-refractivity contribution in [2.24, 2.45) is 0 Å². The van der Waals surface area contributed by atoms with Crippen molar-refractivity contribution >= 4 is 6.29 Å². The van der Waals surface area contributed by atoms with Crippen LogP contribution in [-0.2, 0) is 4.74 Å². The topological polar surface area (TPSA) is 48.4 Å². The molecule has 0 unspecified atom stereocenters. The zero-order valence-electron chi connectivity index (χ0n) is 8.82. The second-order valence-corrected chi connectivity index (χ2v) is 4.01. The van der Waals surface area contributed by atoms with E-state index in [-0.39, 0.29) is 5.60 Å². The van der Waals surface area contributed by atoms with Gasteiger partial charge in [0.15, 0.2) is 11.9 Å². The van der Waals surface area contributed by atoms with E-state index in [1.165, 1.54) is 0 Å². The van der Waals surface area contributed by atoms with Gasteiger partial charge in [-0.25, -0.2) is 4.98 Å². The smallest absolute Gasteiger partial charge is 0.225 e. The fourth-order valence-electron chi connectivity index (χ4n) is 1.45. The highest BCUT2D eigenvalue weighted by Gasteiger charge is 2.36. The molecule has 1 aromatic heterocycles. The van der Waals surface area contributed by atoms with Gasteiger partial charge >= 0.3 is 0 Å². The van der Waals surface area contributed by atoms with Crippen LogP contribution in [0.1, 0.15) is 22.8 Å². The summed E-state index contributed by atoms with van der Waals surface area (Å²) < 4.78 is 10.7. The molecule has 4 heteroatoms. The molecule has 0 spiro atoms. The molecule has 0 bridgehead atoms. The zero-order valence-corrected chi connectivity index (χ0v) is 8.82. The predicted octanol–water partition coefficient (Wildman–Crippen LogP) is 1.37. The van der Waals surface area contributed by atoms with Crippen molar-refractivity contribution in [1.29, 1.82) is 0 Å². The molecule has 0 amide bonds. The first-order chi connectivity index (χ1) is 7.14. The minimum absolute atomic E-state index is 0.335. The Morgan fingerprint density at radius 2 is 2.33 bits per heavy atom. The molecule has 0 aliphatic carbocycles. The Hall–Kier alpha value is -1.42. The normalized spacial score (nSPS) is 18.0. The third-order valence-corrected chi connectivity index (χ3v) is 2.45. The van der Waals surface area contributed by atoms with Crippen LogP contribution in [0.4, 0.5) is 0 Å². The minimum Gasteiger partial charge on any atom is -0.466 e. The molecule has 0 atom stereocenters. The van der Waals surface area contributed by atoms with Crippen LogP contribution < -0.4 is 4.74 Å². The lowest BCUT2D eigenvalue weighted by Gasteiger charge is -2.37. The summed E-state index contributed by atoms with van der Waals surface area (Å²) in [6, 6.07) is 1.79. The number of carbonyl (C=O) groups excluding carboxylic acids is 1. The molecular formula is C11H13NO3. The number of hydrogen-bond acceptors (Lipinski definition) is 4. The average Bonchev–Trinajstić information content (AvgIpc) is 2.16. The summed E-state index contributed by atoms with van der Waals surface area (Å²) in [5.74, 6) is 0.399. The highest BCUT2D eigenvalue weighted by atomic mass is 16.6. The van der Waals surface area contributed by atoms with Crippen molar-refractivity contribution in [2.75, 3.05) is 13.2 Å². The van der Waals surface area contributed by atoms with Crippen molar-refractivity contribution in [3.05, 3.63) is 23.4 Å². The Morgan fingerprint density at radius 1 is 1.60 bits per heavy atom. The molecule has 2 heterocycles. The van der Waals surface area contributed by atoms with Crippen LogP contribution in [0.15, 0.2) is 12.3 Å². The summed E-state index contributed by atoms with van der Waals surface area (Å²) in [7, 11) is 0. The monoisotopic (exact) mass is 207 g/mol. The summed E-state index contributed by atoms with van der Waals surface area (Å²) in [6.07, 6.45) is 2.42. The molecule has 2 rings (SSSR count). The van der Waals surface area contributed by atoms with E-state index in [4.69, 9.17) is 9.47 Å². The Balaban J connectivity index is 2.27. The molecule has 1 saturated heterocycles. The molecule has 0 N–H and O–H groups in total. The van der Waals surface area contributed by atoms with Gasteiger partial charge in [0.1, 0.15) is 0 Å². The Bertz CT molecular complexity index is 385. The van der Waals surface area contributed by atoms with Gasteiger partial charge in [0.2, 0.25) is 5.88 Å². The van der Waals surface area contributed by atoms with Crippen molar-refractivity contribution < 1.29 is 14.3 Å². The van der Waals surface area contributed by atoms with Crippen molar-refractivity contribution in [1.82, 2.24) is 4.98 Å². The summed E-state index contributed by atoms with van der Waals surface area (Å²) in [6.45, 7) is 4.88. The van der Waals surface area contributed by atoms with Crippen LogP contribution in [0, 0.1) is 6.92 Å². The Kier molecular flexibility index (Phi) is 2.44. The third kappa shape index (κ3) is 1.85. The van der Waals surface area contributed by atoms with Gasteiger partial charge in [-0.1, -0.05) is 0 Å². The lowest BCUT2D eigenvalue weighted by molar-refractivity contribution is -0.151.